The average Bonchev–Trinajstić information content (AvgIpc) is 2.47. The van der Waals surface area contributed by atoms with E-state index in [0.717, 1.165) is 23.7 Å². The summed E-state index contributed by atoms with van der Waals surface area (Å²) in [5.41, 5.74) is 2.27. The van der Waals surface area contributed by atoms with Gasteiger partial charge >= 0.3 is 0 Å². The van der Waals surface area contributed by atoms with Crippen molar-refractivity contribution in [3.8, 4) is 11.5 Å². The van der Waals surface area contributed by atoms with Gasteiger partial charge in [-0.3, -0.25) is 0 Å². The van der Waals surface area contributed by atoms with Gasteiger partial charge in [0.2, 0.25) is 0 Å². The number of ether oxygens (including phenoxy) is 2. The molecule has 0 aliphatic rings. The maximum atomic E-state index is 5.71. The van der Waals surface area contributed by atoms with E-state index < -0.39 is 0 Å². The highest BCUT2D eigenvalue weighted by atomic mass is 16.5. The lowest BCUT2D eigenvalue weighted by Crippen LogP contribution is -2.06. The quantitative estimate of drug-likeness (QED) is 0.813. The Balaban J connectivity index is 1.93. The summed E-state index contributed by atoms with van der Waals surface area (Å²) < 4.78 is 11.1. The summed E-state index contributed by atoms with van der Waals surface area (Å²) in [6.45, 7) is 7.51. The maximum Gasteiger partial charge on any atom is 0.120 e. The Morgan fingerprint density at radius 2 is 1.76 bits per heavy atom. The predicted octanol–water partition coefficient (Wildman–Crippen LogP) is 4.48. The smallest absolute Gasteiger partial charge is 0.120 e. The van der Waals surface area contributed by atoms with E-state index >= 15 is 0 Å². The standard InChI is InChI=1S/C18H23NO2/c1-4-20-17-10-8-16(9-11-17)19-13-15-6-5-7-18(12-15)21-14(2)3/h5-12,14,19H,4,13H2,1-3H3. The summed E-state index contributed by atoms with van der Waals surface area (Å²) >= 11 is 0. The van der Waals surface area contributed by atoms with Crippen LogP contribution in [-0.2, 0) is 6.54 Å². The molecule has 0 atom stereocenters. The van der Waals surface area contributed by atoms with Crippen LogP contribution in [0.3, 0.4) is 0 Å². The van der Waals surface area contributed by atoms with Gasteiger partial charge in [-0.05, 0) is 62.7 Å². The van der Waals surface area contributed by atoms with Gasteiger partial charge in [0, 0.05) is 12.2 Å². The molecule has 0 saturated carbocycles. The van der Waals surface area contributed by atoms with Crippen molar-refractivity contribution < 1.29 is 9.47 Å². The van der Waals surface area contributed by atoms with E-state index in [-0.39, 0.29) is 6.10 Å². The van der Waals surface area contributed by atoms with Gasteiger partial charge in [0.1, 0.15) is 11.5 Å². The lowest BCUT2D eigenvalue weighted by atomic mass is 10.2. The molecule has 0 aliphatic carbocycles. The molecule has 3 heteroatoms. The van der Waals surface area contributed by atoms with Crippen molar-refractivity contribution in [1.29, 1.82) is 0 Å². The third-order valence-electron chi connectivity index (χ3n) is 2.93. The molecule has 1 N–H and O–H groups in total. The minimum absolute atomic E-state index is 0.194. The van der Waals surface area contributed by atoms with Gasteiger partial charge in [0.25, 0.3) is 0 Å². The normalized spacial score (nSPS) is 10.5. The number of anilines is 1. The van der Waals surface area contributed by atoms with Crippen molar-refractivity contribution in [2.45, 2.75) is 33.4 Å². The fourth-order valence-electron chi connectivity index (χ4n) is 2.04. The van der Waals surface area contributed by atoms with Crippen LogP contribution in [-0.4, -0.2) is 12.7 Å². The van der Waals surface area contributed by atoms with Gasteiger partial charge in [0.15, 0.2) is 0 Å². The highest BCUT2D eigenvalue weighted by molar-refractivity contribution is 5.47. The molecule has 0 saturated heterocycles. The SMILES string of the molecule is CCOc1ccc(NCc2cccc(OC(C)C)c2)cc1. The Bertz CT molecular complexity index is 549. The van der Waals surface area contributed by atoms with E-state index in [1.807, 2.05) is 57.2 Å². The molecule has 0 unspecified atom stereocenters. The second kappa shape index (κ2) is 7.58. The lowest BCUT2D eigenvalue weighted by molar-refractivity contribution is 0.242. The monoisotopic (exact) mass is 285 g/mol. The van der Waals surface area contributed by atoms with Crippen molar-refractivity contribution in [2.75, 3.05) is 11.9 Å². The van der Waals surface area contributed by atoms with E-state index in [4.69, 9.17) is 9.47 Å². The van der Waals surface area contributed by atoms with Crippen LogP contribution < -0.4 is 14.8 Å². The van der Waals surface area contributed by atoms with Crippen LogP contribution in [0, 0.1) is 0 Å². The molecule has 2 aromatic carbocycles. The number of nitrogens with one attached hydrogen (secondary N) is 1. The van der Waals surface area contributed by atoms with E-state index in [1.54, 1.807) is 0 Å². The van der Waals surface area contributed by atoms with Crippen molar-refractivity contribution in [3.05, 3.63) is 54.1 Å². The minimum Gasteiger partial charge on any atom is -0.494 e. The molecule has 0 radical (unpaired) electrons. The number of benzene rings is 2. The van der Waals surface area contributed by atoms with Gasteiger partial charge in [-0.15, -0.1) is 0 Å². The third-order valence-corrected chi connectivity index (χ3v) is 2.93. The third kappa shape index (κ3) is 5.03. The topological polar surface area (TPSA) is 30.5 Å². The van der Waals surface area contributed by atoms with Crippen molar-refractivity contribution in [3.63, 3.8) is 0 Å². The van der Waals surface area contributed by atoms with Crippen LogP contribution in [0.5, 0.6) is 11.5 Å². The van der Waals surface area contributed by atoms with Crippen LogP contribution in [0.1, 0.15) is 26.3 Å². The van der Waals surface area contributed by atoms with Gasteiger partial charge in [0.05, 0.1) is 12.7 Å². The van der Waals surface area contributed by atoms with E-state index in [9.17, 15) is 0 Å². The Labute approximate surface area is 126 Å². The van der Waals surface area contributed by atoms with Gasteiger partial charge in [-0.2, -0.15) is 0 Å². The molecule has 2 aromatic rings. The minimum atomic E-state index is 0.194. The Hall–Kier alpha value is -2.16. The number of rotatable bonds is 7. The molecule has 0 fully saturated rings. The van der Waals surface area contributed by atoms with Crippen LogP contribution in [0.15, 0.2) is 48.5 Å². The molecule has 3 nitrogen and oxygen atoms in total. The first kappa shape index (κ1) is 15.2. The van der Waals surface area contributed by atoms with Crippen LogP contribution in [0.4, 0.5) is 5.69 Å². The highest BCUT2D eigenvalue weighted by Crippen LogP contribution is 2.18. The lowest BCUT2D eigenvalue weighted by Gasteiger charge is -2.12. The van der Waals surface area contributed by atoms with Gasteiger partial charge in [-0.1, -0.05) is 12.1 Å². The van der Waals surface area contributed by atoms with E-state index in [0.29, 0.717) is 6.61 Å². The van der Waals surface area contributed by atoms with Crippen LogP contribution in [0.2, 0.25) is 0 Å². The molecular formula is C18H23NO2. The predicted molar refractivity (Wildman–Crippen MR) is 87.1 cm³/mol. The summed E-state index contributed by atoms with van der Waals surface area (Å²) in [6, 6.07) is 16.2. The van der Waals surface area contributed by atoms with Crippen molar-refractivity contribution in [1.82, 2.24) is 0 Å². The van der Waals surface area contributed by atoms with Crippen LogP contribution in [0.25, 0.3) is 0 Å². The fraction of sp³-hybridized carbons (Fsp3) is 0.333. The maximum absolute atomic E-state index is 5.71. The zero-order chi connectivity index (χ0) is 15.1. The van der Waals surface area contributed by atoms with E-state index in [2.05, 4.69) is 17.4 Å². The molecule has 0 bridgehead atoms. The largest absolute Gasteiger partial charge is 0.494 e. The van der Waals surface area contributed by atoms with Gasteiger partial charge in [-0.25, -0.2) is 0 Å². The second-order valence-corrected chi connectivity index (χ2v) is 5.12. The number of hydrogen-bond acceptors (Lipinski definition) is 3. The zero-order valence-electron chi connectivity index (χ0n) is 12.9. The zero-order valence-corrected chi connectivity index (χ0v) is 12.9. The first-order chi connectivity index (χ1) is 10.2. The first-order valence-electron chi connectivity index (χ1n) is 7.39. The molecule has 112 valence electrons. The molecule has 0 aromatic heterocycles. The Morgan fingerprint density at radius 3 is 2.43 bits per heavy atom. The molecular weight excluding hydrogens is 262 g/mol. The first-order valence-corrected chi connectivity index (χ1v) is 7.39. The van der Waals surface area contributed by atoms with Crippen molar-refractivity contribution in [2.24, 2.45) is 0 Å². The van der Waals surface area contributed by atoms with Crippen molar-refractivity contribution >= 4 is 5.69 Å². The fourth-order valence-corrected chi connectivity index (χ4v) is 2.04. The summed E-state index contributed by atoms with van der Waals surface area (Å²) in [7, 11) is 0. The summed E-state index contributed by atoms with van der Waals surface area (Å²) in [4.78, 5) is 0. The summed E-state index contributed by atoms with van der Waals surface area (Å²) in [5.74, 6) is 1.81. The highest BCUT2D eigenvalue weighted by Gasteiger charge is 2.00. The summed E-state index contributed by atoms with van der Waals surface area (Å²) in [5, 5.41) is 3.40. The summed E-state index contributed by atoms with van der Waals surface area (Å²) in [6.07, 6.45) is 0.194. The molecule has 21 heavy (non-hydrogen) atoms. The molecule has 0 amide bonds. The van der Waals surface area contributed by atoms with Crippen LogP contribution >= 0.6 is 0 Å². The van der Waals surface area contributed by atoms with E-state index in [1.165, 1.54) is 5.56 Å². The average molecular weight is 285 g/mol. The Morgan fingerprint density at radius 1 is 1.00 bits per heavy atom. The second-order valence-electron chi connectivity index (χ2n) is 5.12. The molecule has 0 aliphatic heterocycles. The molecule has 2 rings (SSSR count). The van der Waals surface area contributed by atoms with Gasteiger partial charge < -0.3 is 14.8 Å². The molecule has 0 heterocycles. The molecule has 0 spiro atoms. The number of hydrogen-bond donors (Lipinski definition) is 1. The Kier molecular flexibility index (Phi) is 5.50.